The number of nitrogens with two attached hydrogens (primary N) is 2. The molecule has 0 bridgehead atoms. The molecule has 0 atom stereocenters. The lowest BCUT2D eigenvalue weighted by atomic mass is 10.1. The number of rotatable bonds is 18. The van der Waals surface area contributed by atoms with Crippen molar-refractivity contribution in [2.45, 2.75) is 60.0 Å². The Kier molecular flexibility index (Phi) is 11.7. The van der Waals surface area contributed by atoms with Gasteiger partial charge in [0.15, 0.2) is 4.60 Å². The zero-order valence-electron chi connectivity index (χ0n) is 25.1. The van der Waals surface area contributed by atoms with E-state index in [1.165, 1.54) is 0 Å². The number of aromatic nitrogens is 6. The van der Waals surface area contributed by atoms with E-state index in [1.54, 1.807) is 26.2 Å². The normalized spacial score (nSPS) is 11.4. The molecule has 248 valence electrons. The second-order valence-corrected chi connectivity index (χ2v) is 10.0. The molecule has 0 aliphatic rings. The topological polar surface area (TPSA) is 292 Å². The monoisotopic (exact) mass is 647 g/mol. The molecular weight excluding hydrogens is 612 g/mol. The number of hydrogen-bond acceptors (Lipinski definition) is 16. The van der Waals surface area contributed by atoms with Crippen molar-refractivity contribution in [1.29, 1.82) is 0 Å². The molecule has 0 unspecified atom stereocenters. The predicted octanol–water partition coefficient (Wildman–Crippen LogP) is -1.24. The van der Waals surface area contributed by atoms with Crippen molar-refractivity contribution in [2.24, 2.45) is 11.6 Å². The number of nitrogens with one attached hydrogen (secondary N) is 3. The Morgan fingerprint density at radius 3 is 2.09 bits per heavy atom. The zero-order valence-corrected chi connectivity index (χ0v) is 25.1. The van der Waals surface area contributed by atoms with Gasteiger partial charge >= 0.3 is 0 Å². The number of primary amides is 1. The van der Waals surface area contributed by atoms with Crippen LogP contribution >= 0.6 is 0 Å². The summed E-state index contributed by atoms with van der Waals surface area (Å²) in [6.07, 6.45) is 3.17. The van der Waals surface area contributed by atoms with Gasteiger partial charge in [0.25, 0.3) is 23.0 Å². The van der Waals surface area contributed by atoms with E-state index in [9.17, 15) is 25.1 Å². The molecular formula is C26H35N10O10+. The van der Waals surface area contributed by atoms with E-state index in [-0.39, 0.29) is 72.0 Å². The molecule has 46 heavy (non-hydrogen) atoms. The highest BCUT2D eigenvalue weighted by atomic mass is 16.8. The Bertz CT molecular complexity index is 1700. The Morgan fingerprint density at radius 1 is 0.978 bits per heavy atom. The summed E-state index contributed by atoms with van der Waals surface area (Å²) in [7, 11) is 0. The number of aromatic hydroxyl groups is 2. The fraction of sp³-hybridized carbons (Fsp3) is 0.423. The zero-order chi connectivity index (χ0) is 33.2. The largest absolute Gasteiger partial charge is 0.506 e. The minimum atomic E-state index is -1.00. The molecule has 0 saturated carbocycles. The third kappa shape index (κ3) is 8.18. The van der Waals surface area contributed by atoms with Crippen LogP contribution in [0.3, 0.4) is 0 Å². The summed E-state index contributed by atoms with van der Waals surface area (Å²) >= 11 is 0. The molecule has 4 aromatic rings. The molecule has 0 aromatic carbocycles. The van der Waals surface area contributed by atoms with E-state index < -0.39 is 11.6 Å². The fourth-order valence-corrected chi connectivity index (χ4v) is 4.39. The lowest BCUT2D eigenvalue weighted by molar-refractivity contribution is -0.803. The lowest BCUT2D eigenvalue weighted by Crippen LogP contribution is -2.35. The smallest absolute Gasteiger partial charge is 0.297 e. The quantitative estimate of drug-likeness (QED) is 0.0377. The maximum absolute atomic E-state index is 11.7. The second kappa shape index (κ2) is 15.8. The van der Waals surface area contributed by atoms with Crippen molar-refractivity contribution in [3.8, 4) is 11.5 Å². The number of aromatic amines is 1. The highest BCUT2D eigenvalue weighted by Crippen LogP contribution is 2.26. The van der Waals surface area contributed by atoms with Crippen molar-refractivity contribution in [1.82, 2.24) is 30.9 Å². The molecule has 20 heteroatoms. The summed E-state index contributed by atoms with van der Waals surface area (Å²) < 4.78 is 20.7. The number of amides is 1. The van der Waals surface area contributed by atoms with Gasteiger partial charge in [-0.1, -0.05) is 9.79 Å². The third-order valence-corrected chi connectivity index (χ3v) is 6.90. The molecule has 4 rings (SSSR count). The number of hydrogen-bond donors (Lipinski definition) is 7. The van der Waals surface area contributed by atoms with Crippen LogP contribution in [0.5, 0.6) is 11.5 Å². The molecule has 1 amide bonds. The number of ether oxygens (including phenoxy) is 2. The maximum Gasteiger partial charge on any atom is 0.297 e. The first-order chi connectivity index (χ1) is 22.1. The van der Waals surface area contributed by atoms with Crippen LogP contribution in [0.1, 0.15) is 61.2 Å². The Labute approximate surface area is 260 Å². The Balaban J connectivity index is 1.28. The van der Waals surface area contributed by atoms with Gasteiger partial charge in [-0.05, 0) is 23.7 Å². The average Bonchev–Trinajstić information content (AvgIpc) is 3.57. The molecule has 0 aliphatic carbocycles. The number of H-pyrrole nitrogens is 1. The van der Waals surface area contributed by atoms with Gasteiger partial charge in [-0.2, -0.15) is 0 Å². The van der Waals surface area contributed by atoms with E-state index in [1.807, 2.05) is 0 Å². The first-order valence-electron chi connectivity index (χ1n) is 13.8. The summed E-state index contributed by atoms with van der Waals surface area (Å²) in [5.41, 5.74) is 8.43. The molecule has 4 heterocycles. The number of aryl methyl sites for hydroxylation is 2. The SMILES string of the molecule is Cc1ncc(COCc2no[n+]([O-])c2C(N)=O)c(CNCCNCc2c(COCc3[nH]o[n+](=O)c3CON)cnc(C)c2O)c1O. The van der Waals surface area contributed by atoms with Gasteiger partial charge in [-0.25, -0.2) is 5.90 Å². The molecule has 4 aromatic heterocycles. The van der Waals surface area contributed by atoms with Gasteiger partial charge in [-0.15, -0.1) is 0 Å². The highest BCUT2D eigenvalue weighted by Gasteiger charge is 2.25. The molecule has 0 radical (unpaired) electrons. The fourth-order valence-electron chi connectivity index (χ4n) is 4.39. The van der Waals surface area contributed by atoms with E-state index in [2.05, 4.69) is 45.0 Å². The Hall–Kier alpha value is -4.99. The number of pyridine rings is 2. The Morgan fingerprint density at radius 2 is 1.54 bits per heavy atom. The predicted molar refractivity (Wildman–Crippen MR) is 151 cm³/mol. The first kappa shape index (κ1) is 33.9. The maximum atomic E-state index is 11.7. The standard InChI is InChI=1S/C26H34N10O10/c1-14-24(37)18(16(5-31-14)9-42-11-20-22(13-44-28)35(40)45-33-20)7-29-3-4-30-8-19-17(6-32-15(2)25(19)38)10-43-12-21-23(26(27)39)36(41)46-34-21/h5-6,29-30H,3-4,7-13,28H2,1-2H3,(H4-,27,33,37,38,39,40)/p+1. The van der Waals surface area contributed by atoms with E-state index >= 15 is 0 Å². The minimum absolute atomic E-state index is 0.000749. The van der Waals surface area contributed by atoms with Gasteiger partial charge in [0.2, 0.25) is 5.69 Å². The summed E-state index contributed by atoms with van der Waals surface area (Å²) in [5, 5.41) is 45.3. The lowest BCUT2D eigenvalue weighted by Gasteiger charge is -2.15. The van der Waals surface area contributed by atoms with Gasteiger partial charge < -0.3 is 41.3 Å². The minimum Gasteiger partial charge on any atom is -0.506 e. The first-order valence-corrected chi connectivity index (χ1v) is 13.8. The average molecular weight is 648 g/mol. The van der Waals surface area contributed by atoms with E-state index in [0.717, 1.165) is 0 Å². The van der Waals surface area contributed by atoms with Crippen LogP contribution < -0.4 is 31.8 Å². The van der Waals surface area contributed by atoms with Crippen LogP contribution in [-0.2, 0) is 60.4 Å². The second-order valence-electron chi connectivity index (χ2n) is 10.0. The highest BCUT2D eigenvalue weighted by molar-refractivity contribution is 5.90. The number of carbonyl (C=O) groups excluding carboxylic acids is 1. The number of nitrogens with zero attached hydrogens (tertiary/aromatic N) is 5. The van der Waals surface area contributed by atoms with Crippen LogP contribution in [-0.4, -0.2) is 49.5 Å². The molecule has 9 N–H and O–H groups in total. The molecule has 0 spiro atoms. The van der Waals surface area contributed by atoms with Gasteiger partial charge in [-0.3, -0.25) is 24.2 Å². The number of carbonyl (C=O) groups is 1. The summed E-state index contributed by atoms with van der Waals surface area (Å²) in [6.45, 7) is 4.56. The summed E-state index contributed by atoms with van der Waals surface area (Å²) in [4.78, 5) is 35.9. The van der Waals surface area contributed by atoms with E-state index in [0.29, 0.717) is 59.0 Å². The molecule has 20 nitrogen and oxygen atoms in total. The van der Waals surface area contributed by atoms with Crippen LogP contribution in [0.2, 0.25) is 0 Å². The van der Waals surface area contributed by atoms with E-state index in [4.69, 9.17) is 21.1 Å². The van der Waals surface area contributed by atoms with Crippen LogP contribution in [0.4, 0.5) is 0 Å². The third-order valence-electron chi connectivity index (χ3n) is 6.90. The summed E-state index contributed by atoms with van der Waals surface area (Å²) in [5.74, 6) is 4.09. The van der Waals surface area contributed by atoms with Crippen molar-refractivity contribution in [2.75, 3.05) is 13.1 Å². The molecule has 0 fully saturated rings. The van der Waals surface area contributed by atoms with Crippen LogP contribution in [0.15, 0.2) is 21.7 Å². The van der Waals surface area contributed by atoms with Crippen molar-refractivity contribution >= 4 is 5.91 Å². The van der Waals surface area contributed by atoms with Crippen molar-refractivity contribution in [3.05, 3.63) is 78.9 Å². The van der Waals surface area contributed by atoms with Crippen LogP contribution in [0.25, 0.3) is 0 Å². The van der Waals surface area contributed by atoms with Gasteiger partial charge in [0.05, 0.1) is 24.6 Å². The van der Waals surface area contributed by atoms with Crippen molar-refractivity contribution in [3.63, 3.8) is 0 Å². The summed E-state index contributed by atoms with van der Waals surface area (Å²) in [6, 6.07) is 0. The van der Waals surface area contributed by atoms with Crippen molar-refractivity contribution < 1.29 is 48.1 Å². The molecule has 0 saturated heterocycles. The van der Waals surface area contributed by atoms with Crippen LogP contribution in [0, 0.1) is 24.0 Å². The van der Waals surface area contributed by atoms with Gasteiger partial charge in [0, 0.05) is 66.0 Å². The molecule has 0 aliphatic heterocycles. The van der Waals surface area contributed by atoms with Gasteiger partial charge in [0.1, 0.15) is 31.3 Å².